The van der Waals surface area contributed by atoms with Crippen molar-refractivity contribution < 1.29 is 13.9 Å². The Morgan fingerprint density at radius 1 is 1.22 bits per heavy atom. The Kier molecular flexibility index (Phi) is 3.88. The molecule has 0 radical (unpaired) electrons. The molecular weight excluding hydrogens is 299 g/mol. The van der Waals surface area contributed by atoms with Gasteiger partial charge in [-0.05, 0) is 19.3 Å². The zero-order valence-electron chi connectivity index (χ0n) is 13.0. The van der Waals surface area contributed by atoms with Gasteiger partial charge in [0.25, 0.3) is 0 Å². The third kappa shape index (κ3) is 2.78. The zero-order chi connectivity index (χ0) is 15.8. The molecule has 3 fully saturated rings. The molecular formula is C16H21FN4O2. The molecule has 0 N–H and O–H groups in total. The fourth-order valence-electron chi connectivity index (χ4n) is 4.04. The summed E-state index contributed by atoms with van der Waals surface area (Å²) < 4.78 is 18.9. The molecule has 1 aromatic heterocycles. The Hall–Kier alpha value is -1.76. The molecule has 1 amide bonds. The predicted molar refractivity (Wildman–Crippen MR) is 81.4 cm³/mol. The van der Waals surface area contributed by atoms with E-state index in [2.05, 4.69) is 9.97 Å². The monoisotopic (exact) mass is 320 g/mol. The second kappa shape index (κ2) is 6.03. The van der Waals surface area contributed by atoms with Gasteiger partial charge >= 0.3 is 0 Å². The Bertz CT molecular complexity index is 576. The summed E-state index contributed by atoms with van der Waals surface area (Å²) in [6, 6.07) is 0. The van der Waals surface area contributed by atoms with Crippen LogP contribution in [0.1, 0.15) is 19.3 Å². The van der Waals surface area contributed by atoms with E-state index in [1.807, 2.05) is 9.80 Å². The molecule has 6 nitrogen and oxygen atoms in total. The van der Waals surface area contributed by atoms with Crippen molar-refractivity contribution in [1.82, 2.24) is 14.9 Å². The van der Waals surface area contributed by atoms with E-state index < -0.39 is 5.82 Å². The average Bonchev–Trinajstić information content (AvgIpc) is 3.25. The predicted octanol–water partition coefficient (Wildman–Crippen LogP) is 1.08. The van der Waals surface area contributed by atoms with E-state index in [0.29, 0.717) is 25.6 Å². The molecule has 7 heteroatoms. The van der Waals surface area contributed by atoms with Gasteiger partial charge in [0, 0.05) is 38.7 Å². The minimum Gasteiger partial charge on any atom is -0.376 e. The lowest BCUT2D eigenvalue weighted by Crippen LogP contribution is -2.53. The number of carbonyl (C=O) groups is 1. The summed E-state index contributed by atoms with van der Waals surface area (Å²) >= 11 is 0. The van der Waals surface area contributed by atoms with Crippen molar-refractivity contribution in [2.24, 2.45) is 11.8 Å². The lowest BCUT2D eigenvalue weighted by atomic mass is 9.82. The first kappa shape index (κ1) is 14.8. The number of anilines is 1. The highest BCUT2D eigenvalue weighted by Gasteiger charge is 2.45. The molecule has 3 saturated heterocycles. The van der Waals surface area contributed by atoms with E-state index in [1.54, 1.807) is 0 Å². The number of carbonyl (C=O) groups excluding carboxylic acids is 1. The summed E-state index contributed by atoms with van der Waals surface area (Å²) in [6.45, 7) is 3.68. The highest BCUT2D eigenvalue weighted by Crippen LogP contribution is 2.36. The number of piperidine rings is 1. The van der Waals surface area contributed by atoms with Crippen molar-refractivity contribution in [2.75, 3.05) is 37.7 Å². The van der Waals surface area contributed by atoms with Gasteiger partial charge < -0.3 is 14.5 Å². The molecule has 3 atom stereocenters. The maximum Gasteiger partial charge on any atom is 0.227 e. The van der Waals surface area contributed by atoms with Crippen LogP contribution in [-0.4, -0.2) is 59.7 Å². The fourth-order valence-corrected chi connectivity index (χ4v) is 4.04. The molecule has 23 heavy (non-hydrogen) atoms. The van der Waals surface area contributed by atoms with Gasteiger partial charge in [0.1, 0.15) is 0 Å². The van der Waals surface area contributed by atoms with Crippen LogP contribution in [0.15, 0.2) is 12.4 Å². The quantitative estimate of drug-likeness (QED) is 0.816. The molecule has 3 aliphatic rings. The van der Waals surface area contributed by atoms with Crippen LogP contribution in [0.5, 0.6) is 0 Å². The van der Waals surface area contributed by atoms with Crippen LogP contribution in [0.4, 0.5) is 10.3 Å². The van der Waals surface area contributed by atoms with Crippen LogP contribution in [0.2, 0.25) is 0 Å². The van der Waals surface area contributed by atoms with Crippen molar-refractivity contribution in [3.05, 3.63) is 18.2 Å². The third-order valence-corrected chi connectivity index (χ3v) is 5.22. The van der Waals surface area contributed by atoms with Crippen molar-refractivity contribution in [1.29, 1.82) is 0 Å². The smallest absolute Gasteiger partial charge is 0.227 e. The molecule has 0 aromatic carbocycles. The zero-order valence-corrected chi connectivity index (χ0v) is 13.0. The van der Waals surface area contributed by atoms with E-state index in [9.17, 15) is 9.18 Å². The minimum absolute atomic E-state index is 0.0361. The maximum atomic E-state index is 13.0. The maximum absolute atomic E-state index is 13.0. The van der Waals surface area contributed by atoms with Crippen LogP contribution in [0.3, 0.4) is 0 Å². The highest BCUT2D eigenvalue weighted by atomic mass is 19.1. The lowest BCUT2D eigenvalue weighted by molar-refractivity contribution is -0.137. The number of halogens is 1. The SMILES string of the molecule is O=C([C@@H]1CN(c2ncc(F)cn2)C[C@@H]2OCC[C@@H]21)N1CCCC1. The molecule has 0 aliphatic carbocycles. The number of nitrogens with zero attached hydrogens (tertiary/aromatic N) is 4. The Balaban J connectivity index is 1.56. The number of likely N-dealkylation sites (tertiary alicyclic amines) is 1. The lowest BCUT2D eigenvalue weighted by Gasteiger charge is -2.40. The number of hydrogen-bond acceptors (Lipinski definition) is 5. The largest absolute Gasteiger partial charge is 0.376 e. The van der Waals surface area contributed by atoms with Gasteiger partial charge in [-0.2, -0.15) is 0 Å². The number of fused-ring (bicyclic) bond motifs is 1. The molecule has 1 aromatic rings. The molecule has 4 heterocycles. The Morgan fingerprint density at radius 3 is 2.70 bits per heavy atom. The van der Waals surface area contributed by atoms with E-state index in [0.717, 1.165) is 32.4 Å². The molecule has 0 spiro atoms. The first-order chi connectivity index (χ1) is 11.2. The van der Waals surface area contributed by atoms with Gasteiger partial charge in [-0.1, -0.05) is 0 Å². The summed E-state index contributed by atoms with van der Waals surface area (Å²) in [5.74, 6) is 0.447. The molecule has 124 valence electrons. The van der Waals surface area contributed by atoms with E-state index in [4.69, 9.17) is 4.74 Å². The molecule has 4 rings (SSSR count). The normalized spacial score (nSPS) is 30.6. The van der Waals surface area contributed by atoms with Crippen LogP contribution < -0.4 is 4.90 Å². The third-order valence-electron chi connectivity index (χ3n) is 5.22. The van der Waals surface area contributed by atoms with Gasteiger partial charge in [-0.3, -0.25) is 4.79 Å². The second-order valence-electron chi connectivity index (χ2n) is 6.61. The van der Waals surface area contributed by atoms with Crippen LogP contribution in [-0.2, 0) is 9.53 Å². The second-order valence-corrected chi connectivity index (χ2v) is 6.61. The first-order valence-corrected chi connectivity index (χ1v) is 8.35. The van der Waals surface area contributed by atoms with Gasteiger partial charge in [0.2, 0.25) is 11.9 Å². The molecule has 0 saturated carbocycles. The van der Waals surface area contributed by atoms with Gasteiger partial charge in [0.15, 0.2) is 5.82 Å². The van der Waals surface area contributed by atoms with Crippen LogP contribution >= 0.6 is 0 Å². The summed E-state index contributed by atoms with van der Waals surface area (Å²) in [7, 11) is 0. The van der Waals surface area contributed by atoms with Crippen molar-refractivity contribution in [2.45, 2.75) is 25.4 Å². The molecule has 3 aliphatic heterocycles. The van der Waals surface area contributed by atoms with Gasteiger partial charge in [-0.15, -0.1) is 0 Å². The number of aromatic nitrogens is 2. The minimum atomic E-state index is -0.453. The van der Waals surface area contributed by atoms with Gasteiger partial charge in [-0.25, -0.2) is 14.4 Å². The van der Waals surface area contributed by atoms with Gasteiger partial charge in [0.05, 0.1) is 24.4 Å². The highest BCUT2D eigenvalue weighted by molar-refractivity contribution is 5.80. The summed E-state index contributed by atoms with van der Waals surface area (Å²) in [5.41, 5.74) is 0. The van der Waals surface area contributed by atoms with E-state index in [1.165, 1.54) is 12.4 Å². The fraction of sp³-hybridized carbons (Fsp3) is 0.688. The number of rotatable bonds is 2. The topological polar surface area (TPSA) is 58.6 Å². The number of ether oxygens (including phenoxy) is 1. The van der Waals surface area contributed by atoms with E-state index in [-0.39, 0.29) is 23.8 Å². The van der Waals surface area contributed by atoms with Crippen LogP contribution in [0.25, 0.3) is 0 Å². The number of hydrogen-bond donors (Lipinski definition) is 0. The Labute approximate surface area is 134 Å². The summed E-state index contributed by atoms with van der Waals surface area (Å²) in [4.78, 5) is 25.0. The van der Waals surface area contributed by atoms with Crippen molar-refractivity contribution in [3.63, 3.8) is 0 Å². The van der Waals surface area contributed by atoms with E-state index >= 15 is 0 Å². The van der Waals surface area contributed by atoms with Crippen molar-refractivity contribution >= 4 is 11.9 Å². The summed E-state index contributed by atoms with van der Waals surface area (Å²) in [5, 5.41) is 0. The molecule has 0 bridgehead atoms. The Morgan fingerprint density at radius 2 is 1.96 bits per heavy atom. The first-order valence-electron chi connectivity index (χ1n) is 8.35. The summed E-state index contributed by atoms with van der Waals surface area (Å²) in [6.07, 6.45) is 5.49. The standard InChI is InChI=1S/C16H21FN4O2/c17-11-7-18-16(19-8-11)21-9-13(12-3-6-23-14(12)10-21)15(22)20-4-1-2-5-20/h7-8,12-14H,1-6,9-10H2/t12-,13-,14+/m1/s1. The van der Waals surface area contributed by atoms with Crippen molar-refractivity contribution in [3.8, 4) is 0 Å². The molecule has 0 unspecified atom stereocenters. The number of amides is 1. The van der Waals surface area contributed by atoms with Crippen LogP contribution in [0, 0.1) is 17.7 Å². The average molecular weight is 320 g/mol.